The van der Waals surface area contributed by atoms with Crippen LogP contribution in [0.15, 0.2) is 142 Å². The molecule has 1 saturated heterocycles. The fraction of sp³-hybridized carbons (Fsp3) is 0.149. The molecule has 1 aliphatic rings. The molecular formula is C47H39BBr2F3I75N11O3-. The van der Waals surface area contributed by atoms with E-state index in [0.717, 1.165) is 10.9 Å². The first-order chi connectivity index (χ1) is 65.6. The Hall–Kier alpha value is 47.3. The quantitative estimate of drug-likeness (QED) is 0.0218. The predicted molar refractivity (Wildman–Crippen MR) is 1290 cm³/mol. The first-order valence-electron chi connectivity index (χ1n) is 29.7. The summed E-state index contributed by atoms with van der Waals surface area (Å²) in [5.74, 6) is -0.0974. The van der Waals surface area contributed by atoms with Gasteiger partial charge in [-0.1, -0.05) is 40.6 Å². The largest absolute Gasteiger partial charge is 0.380 e. The molecule has 2 N–H and O–H groups in total. The van der Waals surface area contributed by atoms with Crippen molar-refractivity contribution in [1.29, 1.82) is 15.8 Å². The van der Waals surface area contributed by atoms with Gasteiger partial charge in [0.15, 0.2) is 27.8 Å². The van der Waals surface area contributed by atoms with Gasteiger partial charge in [0.1, 0.15) is 35.7 Å². The van der Waals surface area contributed by atoms with Crippen LogP contribution < -0.4 is 24.5 Å². The van der Waals surface area contributed by atoms with Gasteiger partial charge in [0.05, 0.1) is 33.3 Å². The van der Waals surface area contributed by atoms with Crippen molar-refractivity contribution in [3.63, 3.8) is 0 Å². The number of benzene rings is 4. The number of nitrogens with two attached hydrogens (primary N) is 1. The van der Waals surface area contributed by atoms with Crippen LogP contribution in [0.1, 0.15) is 51.8 Å². The maximum absolute atomic E-state index is 13.6. The molecular weight excluding hydrogens is 10500 g/mol. The van der Waals surface area contributed by atoms with Crippen molar-refractivity contribution in [1.82, 2.24) is 35.1 Å². The van der Waals surface area contributed by atoms with Crippen molar-refractivity contribution < 1.29 is 40.3 Å². The van der Waals surface area contributed by atoms with Gasteiger partial charge in [-0.05, 0) is 128 Å². The number of aromatic nitrogens is 7. The number of halogens is 80. The summed E-state index contributed by atoms with van der Waals surface area (Å²) in [4.78, 5) is 23.9. The summed E-state index contributed by atoms with van der Waals surface area (Å²) in [6.45, 7) is 7.75. The summed E-state index contributed by atoms with van der Waals surface area (Å²) >= 11 is 132. The van der Waals surface area contributed by atoms with Crippen molar-refractivity contribution in [3.05, 3.63) is 172 Å². The van der Waals surface area contributed by atoms with Gasteiger partial charge in [-0.2, -0.15) is 15.8 Å². The number of anilines is 1. The smallest absolute Gasteiger partial charge is 0.174 e. The van der Waals surface area contributed by atoms with Crippen LogP contribution in [-0.4, -0.2) is 53.4 Å². The Morgan fingerprint density at radius 3 is 0.838 bits per heavy atom. The van der Waals surface area contributed by atoms with Gasteiger partial charge in [0, 0.05) is 52.8 Å². The number of nitriles is 3. The molecule has 9 rings (SSSR count). The third kappa shape index (κ3) is 70.7. The van der Waals surface area contributed by atoms with E-state index in [0.29, 0.717) is 56.5 Å². The van der Waals surface area contributed by atoms with E-state index in [1.54, 1.807) is 91.8 Å². The molecule has 142 heavy (non-hydrogen) atoms. The third-order valence-electron chi connectivity index (χ3n) is 12.2. The van der Waals surface area contributed by atoms with E-state index in [2.05, 4.69) is 793 Å². The van der Waals surface area contributed by atoms with E-state index in [4.69, 9.17) is 35.4 Å². The number of hydrogen-bond acceptors (Lipinski definition) is 14. The van der Waals surface area contributed by atoms with Crippen LogP contribution in [0.3, 0.4) is 0 Å². The van der Waals surface area contributed by atoms with Crippen LogP contribution >= 0.6 is 1030 Å². The molecule has 0 radical (unpaired) electrons. The average Bonchev–Trinajstić information content (AvgIpc) is 1.62. The number of hydrogen-bond donors (Lipinski definition) is 1. The molecule has 0 spiro atoms. The predicted octanol–water partition coefficient (Wildman–Crippen LogP) is 72.9. The fourth-order valence-corrected chi connectivity index (χ4v) is 13200. The summed E-state index contributed by atoms with van der Waals surface area (Å²) in [5.41, 5.74) is 7.51. The second kappa shape index (κ2) is 105. The van der Waals surface area contributed by atoms with Gasteiger partial charge in [-0.3, -0.25) is 0 Å². The SMILES string of the molecule is Brc1ncccn1.C.CC1(C)OB(c2ccc(C#N)c(F)c2)OC1(C)C.II(I)I(I)I(I)I(I)I(I)I(I)I(I)I(I)I(I)I(I)I(I)I(I)I(I)I(I)I(I)I(I)I(I)I(I)I.I[I-]I(I)I(I)I(I)I(I)I(I)I(I)I(I)I(I)I(I)I(I)I(I)I(I)I(I)I(I)I(I)I(I)I(I)I.N#Cc1ccc(-c2ncccn2)cc1F.N#Cc1ccc(Br)cc1F.Nc1noc2cc(-c3ncccn3)ccc12. The molecule has 0 bridgehead atoms. The molecule has 864 valence electrons. The molecule has 95 heteroatoms. The summed E-state index contributed by atoms with van der Waals surface area (Å²) in [6.07, 6.45) is 9.91. The molecule has 1 fully saturated rings. The zero-order valence-electron chi connectivity index (χ0n) is 63.7. The standard InChI is InChI=1S/C13H15BFNO2.C11H6FN3.C11H8N4O.C7H3BrFN.C4H3BrN2.CH4.I38.I37/c1-12(2)13(3,4)18-14(17-12)10-6-5-9(8-16)11(15)7-10;12-10-6-8(2-3-9(10)7-13)11-14-4-1-5-15-11;12-10-8-3-2-7(6-9(8)16-15-10)11-13-4-1-5-14-11;8-6-2-1-5(4-10)7(9)3-6;5-4-6-2-1-3-7-4;;1-21(2)23(5)25(7)27(9)29(11)31(13)33(15)35(17)37(19)38(20)36(18)34(16)32(14)30(12)28(10)26(8)24(6)22(3)4;1-20-22(4)24(6)26(8)28(10)30(12)32(14)34(16)36(18)37(19)35(17)33(15)31(13)29(11)27(9)25(7)23(5)21(2)3/h5-7H,1-4H3;1-6H;1-6H,(H2,12,15);1-3H;1-3H;1H4;;/q;;;;;;;-1. The van der Waals surface area contributed by atoms with Crippen molar-refractivity contribution in [2.45, 2.75) is 46.3 Å². The Morgan fingerprint density at radius 2 is 0.585 bits per heavy atom. The van der Waals surface area contributed by atoms with E-state index in [-0.39, 0.29) is 32.0 Å². The zero-order valence-corrected chi connectivity index (χ0v) is 229. The number of rotatable bonds is 37. The van der Waals surface area contributed by atoms with Gasteiger partial charge < -0.3 is 19.6 Å². The molecule has 0 aliphatic carbocycles. The Labute approximate surface area is 1350 Å². The van der Waals surface area contributed by atoms with Crippen LogP contribution in [-0.2, 0) is 9.31 Å². The van der Waals surface area contributed by atoms with Gasteiger partial charge in [0.2, 0.25) is 0 Å². The minimum absolute atomic E-state index is 0. The summed E-state index contributed by atoms with van der Waals surface area (Å²) in [7, 11) is -17.7. The Balaban J connectivity index is 0.000000595. The molecule has 0 amide bonds. The normalized spacial score (nSPS) is 15.7. The van der Waals surface area contributed by atoms with Crippen molar-refractivity contribution in [2.24, 2.45) is 0 Å². The second-order valence-electron chi connectivity index (χ2n) is 20.1. The van der Waals surface area contributed by atoms with Crippen LogP contribution in [0.2, 0.25) is 0 Å². The maximum Gasteiger partial charge on any atom is 0.174 e. The molecule has 0 atom stereocenters. The summed E-state index contributed by atoms with van der Waals surface area (Å²) in [6, 6.07) is 29.1. The van der Waals surface area contributed by atoms with Gasteiger partial charge in [0.25, 0.3) is 0 Å². The number of nitrogen functional groups attached to an aromatic ring is 1. The van der Waals surface area contributed by atoms with Crippen molar-refractivity contribution >= 4 is 1060 Å². The zero-order chi connectivity index (χ0) is 108. The van der Waals surface area contributed by atoms with E-state index in [1.807, 2.05) is 45.9 Å². The topological polar surface area (TPSA) is 219 Å². The average molecular weight is 10600 g/mol. The Morgan fingerprint density at radius 1 is 0.338 bits per heavy atom. The van der Waals surface area contributed by atoms with Crippen molar-refractivity contribution in [2.75, 3.05) is 5.73 Å². The maximum atomic E-state index is 13.6. The molecule has 8 aromatic rings. The van der Waals surface area contributed by atoms with E-state index >= 15 is 0 Å². The first-order valence-corrected chi connectivity index (χ1v) is 490. The van der Waals surface area contributed by atoms with Crippen LogP contribution in [0.4, 0.5) is 19.0 Å². The number of fused-ring (bicyclic) bond motifs is 1. The molecule has 4 aromatic carbocycles. The van der Waals surface area contributed by atoms with Gasteiger partial charge in [-0.15, -0.1) is 0 Å². The molecule has 5 heterocycles. The van der Waals surface area contributed by atoms with E-state index < -0.39 is 304 Å². The minimum Gasteiger partial charge on any atom is -0.380 e. The second-order valence-corrected chi connectivity index (χ2v) is 1740. The van der Waals surface area contributed by atoms with Gasteiger partial charge >= 0.3 is 1020 Å². The summed E-state index contributed by atoms with van der Waals surface area (Å²) < 4.78 is 57.4. The molecule has 14 nitrogen and oxygen atoms in total. The molecule has 0 saturated carbocycles. The molecule has 0 unspecified atom stereocenters. The number of nitrogens with zero attached hydrogens (tertiary/aromatic N) is 10. The monoisotopic (exact) mass is 10500 g/mol. The first kappa shape index (κ1) is 185. The fourth-order valence-electron chi connectivity index (χ4n) is 6.32. The van der Waals surface area contributed by atoms with Crippen LogP contribution in [0.25, 0.3) is 33.7 Å². The third-order valence-corrected chi connectivity index (χ3v) is 5550. The van der Waals surface area contributed by atoms with Crippen LogP contribution in [0.5, 0.6) is 0 Å². The minimum atomic E-state index is -0.600. The van der Waals surface area contributed by atoms with Crippen molar-refractivity contribution in [3.8, 4) is 41.0 Å². The summed E-state index contributed by atoms with van der Waals surface area (Å²) in [5, 5.41) is 30.0. The van der Waals surface area contributed by atoms with Crippen LogP contribution in [0, 0.1) is 51.4 Å². The van der Waals surface area contributed by atoms with E-state index in [1.165, 1.54) is 36.4 Å². The molecule has 4 aromatic heterocycles. The molecule has 1 aliphatic heterocycles. The Bertz CT molecular complexity index is 5090. The Kier molecular flexibility index (Phi) is 138. The van der Waals surface area contributed by atoms with E-state index in [9.17, 15) is 13.2 Å². The van der Waals surface area contributed by atoms with Gasteiger partial charge in [-0.25, -0.2) is 43.1 Å².